The highest BCUT2D eigenvalue weighted by Gasteiger charge is 2.24. The van der Waals surface area contributed by atoms with Crippen LogP contribution in [0.5, 0.6) is 0 Å². The van der Waals surface area contributed by atoms with E-state index in [1.807, 2.05) is 37.0 Å². The minimum atomic E-state index is 0.501. The van der Waals surface area contributed by atoms with E-state index >= 15 is 0 Å². The molecule has 0 bridgehead atoms. The van der Waals surface area contributed by atoms with Gasteiger partial charge in [-0.1, -0.05) is 23.2 Å². The summed E-state index contributed by atoms with van der Waals surface area (Å²) in [7, 11) is 2.03. The Hall–Kier alpha value is 0.110. The Morgan fingerprint density at radius 2 is 2.29 bits per heavy atom. The molecule has 2 unspecified atom stereocenters. The molecule has 1 aromatic rings. The number of likely N-dealkylation sites (N-methyl/N-ethyl adjacent to an activating group) is 1. The average Bonchev–Trinajstić information content (AvgIpc) is 2.84. The van der Waals surface area contributed by atoms with Crippen LogP contribution in [-0.4, -0.2) is 24.6 Å². The Labute approximate surface area is 117 Å². The average molecular weight is 290 g/mol. The smallest absolute Gasteiger partial charge is 0.0439 e. The van der Waals surface area contributed by atoms with Crippen LogP contribution in [-0.2, 0) is 6.42 Å². The first kappa shape index (κ1) is 13.5. The SMILES string of the molecule is CNC(Cc1cc(Cl)ccc1Cl)C1CCSC1. The molecule has 1 aromatic carbocycles. The molecule has 17 heavy (non-hydrogen) atoms. The molecule has 1 aliphatic rings. The second-order valence-corrected chi connectivity index (χ2v) is 6.45. The van der Waals surface area contributed by atoms with Gasteiger partial charge in [0.05, 0.1) is 0 Å². The number of hydrogen-bond acceptors (Lipinski definition) is 2. The molecule has 0 aromatic heterocycles. The molecule has 1 saturated heterocycles. The van der Waals surface area contributed by atoms with Crippen LogP contribution in [0, 0.1) is 5.92 Å². The Morgan fingerprint density at radius 1 is 1.47 bits per heavy atom. The van der Waals surface area contributed by atoms with E-state index in [1.165, 1.54) is 17.9 Å². The van der Waals surface area contributed by atoms with E-state index in [0.717, 1.165) is 27.9 Å². The lowest BCUT2D eigenvalue weighted by molar-refractivity contribution is 0.404. The zero-order valence-electron chi connectivity index (χ0n) is 9.88. The van der Waals surface area contributed by atoms with Crippen LogP contribution in [0.3, 0.4) is 0 Å². The number of nitrogens with one attached hydrogen (secondary N) is 1. The third-order valence-electron chi connectivity index (χ3n) is 3.35. The van der Waals surface area contributed by atoms with Gasteiger partial charge in [0.2, 0.25) is 0 Å². The summed E-state index contributed by atoms with van der Waals surface area (Å²) >= 11 is 14.3. The van der Waals surface area contributed by atoms with Gasteiger partial charge in [-0.25, -0.2) is 0 Å². The van der Waals surface area contributed by atoms with Crippen molar-refractivity contribution in [2.45, 2.75) is 18.9 Å². The highest BCUT2D eigenvalue weighted by Crippen LogP contribution is 2.29. The van der Waals surface area contributed by atoms with E-state index in [4.69, 9.17) is 23.2 Å². The second-order valence-electron chi connectivity index (χ2n) is 4.46. The van der Waals surface area contributed by atoms with Crippen LogP contribution in [0.4, 0.5) is 0 Å². The molecule has 0 aliphatic carbocycles. The van der Waals surface area contributed by atoms with Gasteiger partial charge in [-0.2, -0.15) is 11.8 Å². The van der Waals surface area contributed by atoms with Gasteiger partial charge in [-0.3, -0.25) is 0 Å². The molecule has 1 aliphatic heterocycles. The molecule has 1 nitrogen and oxygen atoms in total. The first-order valence-electron chi connectivity index (χ1n) is 5.89. The molecule has 1 heterocycles. The molecule has 94 valence electrons. The Balaban J connectivity index is 2.09. The van der Waals surface area contributed by atoms with Crippen molar-refractivity contribution in [1.82, 2.24) is 5.32 Å². The first-order chi connectivity index (χ1) is 8.20. The summed E-state index contributed by atoms with van der Waals surface area (Å²) in [4.78, 5) is 0. The minimum Gasteiger partial charge on any atom is -0.316 e. The molecular weight excluding hydrogens is 273 g/mol. The lowest BCUT2D eigenvalue weighted by atomic mass is 9.93. The van der Waals surface area contributed by atoms with Gasteiger partial charge in [-0.05, 0) is 61.1 Å². The molecule has 4 heteroatoms. The zero-order chi connectivity index (χ0) is 12.3. The standard InChI is InChI=1S/C13H17Cl2NS/c1-16-13(9-4-5-17-8-9)7-10-6-11(14)2-3-12(10)15/h2-3,6,9,13,16H,4-5,7-8H2,1H3. The second kappa shape index (κ2) is 6.33. The fourth-order valence-corrected chi connectivity index (χ4v) is 4.04. The lowest BCUT2D eigenvalue weighted by Gasteiger charge is -2.23. The summed E-state index contributed by atoms with van der Waals surface area (Å²) in [5.74, 6) is 3.29. The molecule has 2 rings (SSSR count). The monoisotopic (exact) mass is 289 g/mol. The number of hydrogen-bond donors (Lipinski definition) is 1. The van der Waals surface area contributed by atoms with Gasteiger partial charge in [-0.15, -0.1) is 0 Å². The van der Waals surface area contributed by atoms with Crippen molar-refractivity contribution in [2.75, 3.05) is 18.6 Å². The Kier molecular flexibility index (Phi) is 5.04. The van der Waals surface area contributed by atoms with Crippen molar-refractivity contribution in [3.05, 3.63) is 33.8 Å². The van der Waals surface area contributed by atoms with Crippen molar-refractivity contribution in [2.24, 2.45) is 5.92 Å². The van der Waals surface area contributed by atoms with E-state index < -0.39 is 0 Å². The Morgan fingerprint density at radius 3 is 2.94 bits per heavy atom. The minimum absolute atomic E-state index is 0.501. The number of thioether (sulfide) groups is 1. The largest absolute Gasteiger partial charge is 0.316 e. The first-order valence-corrected chi connectivity index (χ1v) is 7.80. The van der Waals surface area contributed by atoms with Gasteiger partial charge in [0, 0.05) is 16.1 Å². The maximum Gasteiger partial charge on any atom is 0.0439 e. The van der Waals surface area contributed by atoms with E-state index in [0.29, 0.717) is 6.04 Å². The maximum absolute atomic E-state index is 6.21. The quantitative estimate of drug-likeness (QED) is 0.903. The van der Waals surface area contributed by atoms with Crippen LogP contribution in [0.1, 0.15) is 12.0 Å². The number of benzene rings is 1. The fourth-order valence-electron chi connectivity index (χ4n) is 2.31. The molecular formula is C13H17Cl2NS. The van der Waals surface area contributed by atoms with Gasteiger partial charge in [0.15, 0.2) is 0 Å². The van der Waals surface area contributed by atoms with E-state index in [9.17, 15) is 0 Å². The van der Waals surface area contributed by atoms with Crippen LogP contribution in [0.2, 0.25) is 10.0 Å². The topological polar surface area (TPSA) is 12.0 Å². The summed E-state index contributed by atoms with van der Waals surface area (Å²) in [6.07, 6.45) is 2.26. The number of rotatable bonds is 4. The van der Waals surface area contributed by atoms with Gasteiger partial charge >= 0.3 is 0 Å². The molecule has 2 atom stereocenters. The normalized spacial score (nSPS) is 21.7. The van der Waals surface area contributed by atoms with Crippen LogP contribution in [0.25, 0.3) is 0 Å². The van der Waals surface area contributed by atoms with Crippen molar-refractivity contribution in [3.63, 3.8) is 0 Å². The van der Waals surface area contributed by atoms with Gasteiger partial charge < -0.3 is 5.32 Å². The molecule has 0 spiro atoms. The van der Waals surface area contributed by atoms with E-state index in [1.54, 1.807) is 0 Å². The molecule has 0 amide bonds. The Bertz CT molecular complexity index is 378. The van der Waals surface area contributed by atoms with E-state index in [-0.39, 0.29) is 0 Å². The predicted molar refractivity (Wildman–Crippen MR) is 78.4 cm³/mol. The predicted octanol–water partition coefficient (Wildman–Crippen LogP) is 3.88. The molecule has 1 fully saturated rings. The summed E-state index contributed by atoms with van der Waals surface area (Å²) in [6, 6.07) is 6.21. The fraction of sp³-hybridized carbons (Fsp3) is 0.538. The highest BCUT2D eigenvalue weighted by atomic mass is 35.5. The van der Waals surface area contributed by atoms with Crippen molar-refractivity contribution in [3.8, 4) is 0 Å². The lowest BCUT2D eigenvalue weighted by Crippen LogP contribution is -2.35. The summed E-state index contributed by atoms with van der Waals surface area (Å²) in [5.41, 5.74) is 1.15. The van der Waals surface area contributed by atoms with Gasteiger partial charge in [0.1, 0.15) is 0 Å². The van der Waals surface area contributed by atoms with Crippen molar-refractivity contribution < 1.29 is 0 Å². The van der Waals surface area contributed by atoms with Crippen LogP contribution < -0.4 is 5.32 Å². The zero-order valence-corrected chi connectivity index (χ0v) is 12.2. The van der Waals surface area contributed by atoms with Gasteiger partial charge in [0.25, 0.3) is 0 Å². The van der Waals surface area contributed by atoms with Crippen LogP contribution >= 0.6 is 35.0 Å². The van der Waals surface area contributed by atoms with Crippen LogP contribution in [0.15, 0.2) is 18.2 Å². The van der Waals surface area contributed by atoms with Crippen molar-refractivity contribution in [1.29, 1.82) is 0 Å². The summed E-state index contributed by atoms with van der Waals surface area (Å²) in [5, 5.41) is 5.01. The third kappa shape index (κ3) is 3.54. The molecule has 0 radical (unpaired) electrons. The summed E-state index contributed by atoms with van der Waals surface area (Å²) < 4.78 is 0. The highest BCUT2D eigenvalue weighted by molar-refractivity contribution is 7.99. The maximum atomic E-state index is 6.21. The number of halogens is 2. The molecule has 0 saturated carbocycles. The van der Waals surface area contributed by atoms with E-state index in [2.05, 4.69) is 5.32 Å². The third-order valence-corrected chi connectivity index (χ3v) is 5.14. The summed E-state index contributed by atoms with van der Waals surface area (Å²) in [6.45, 7) is 0. The molecule has 1 N–H and O–H groups in total. The van der Waals surface area contributed by atoms with Crippen molar-refractivity contribution >= 4 is 35.0 Å².